The number of rotatable bonds is 3. The van der Waals surface area contributed by atoms with Crippen LogP contribution in [0.1, 0.15) is 5.69 Å². The molecule has 1 fully saturated rings. The fourth-order valence-electron chi connectivity index (χ4n) is 1.41. The largest absolute Gasteiger partial charge is 0.475 e. The van der Waals surface area contributed by atoms with Crippen LogP contribution < -0.4 is 10.1 Å². The molecule has 1 unspecified atom stereocenters. The Bertz CT molecular complexity index is 313. The second-order valence-corrected chi connectivity index (χ2v) is 3.51. The molecule has 2 rings (SSSR count). The van der Waals surface area contributed by atoms with E-state index in [4.69, 9.17) is 9.47 Å². The second kappa shape index (κ2) is 5.04. The number of aryl methyl sites for hydroxylation is 1. The number of hydrogen-bond acceptors (Lipinski definition) is 5. The number of aromatic nitrogens is 2. The van der Waals surface area contributed by atoms with Gasteiger partial charge in [-0.15, -0.1) is 0 Å². The van der Waals surface area contributed by atoms with E-state index in [9.17, 15) is 0 Å². The highest BCUT2D eigenvalue weighted by Gasteiger charge is 2.13. The molecule has 0 saturated carbocycles. The molecule has 1 aliphatic rings. The zero-order valence-electron chi connectivity index (χ0n) is 8.77. The van der Waals surface area contributed by atoms with Crippen molar-refractivity contribution in [3.63, 3.8) is 0 Å². The molecule has 1 aromatic rings. The van der Waals surface area contributed by atoms with E-state index in [1.54, 1.807) is 0 Å². The Morgan fingerprint density at radius 1 is 1.60 bits per heavy atom. The second-order valence-electron chi connectivity index (χ2n) is 3.51. The quantitative estimate of drug-likeness (QED) is 0.768. The highest BCUT2D eigenvalue weighted by Crippen LogP contribution is 2.07. The maximum Gasteiger partial charge on any atom is 0.216 e. The lowest BCUT2D eigenvalue weighted by Gasteiger charge is -2.23. The average Bonchev–Trinajstić information content (AvgIpc) is 2.28. The first kappa shape index (κ1) is 10.3. The fraction of sp³-hybridized carbons (Fsp3) is 0.600. The summed E-state index contributed by atoms with van der Waals surface area (Å²) >= 11 is 0. The summed E-state index contributed by atoms with van der Waals surface area (Å²) in [6.07, 6.45) is 1.62. The van der Waals surface area contributed by atoms with Crippen LogP contribution >= 0.6 is 0 Å². The van der Waals surface area contributed by atoms with E-state index in [1.807, 2.05) is 13.0 Å². The van der Waals surface area contributed by atoms with E-state index in [1.165, 1.54) is 6.33 Å². The van der Waals surface area contributed by atoms with Crippen molar-refractivity contribution in [3.05, 3.63) is 18.1 Å². The molecule has 0 bridgehead atoms. The minimum Gasteiger partial charge on any atom is -0.475 e. The van der Waals surface area contributed by atoms with Crippen LogP contribution in [-0.2, 0) is 4.74 Å². The molecule has 1 saturated heterocycles. The van der Waals surface area contributed by atoms with Crippen LogP contribution in [0.15, 0.2) is 12.4 Å². The van der Waals surface area contributed by atoms with Gasteiger partial charge in [-0.25, -0.2) is 9.97 Å². The molecule has 5 heteroatoms. The Kier molecular flexibility index (Phi) is 3.47. The molecular weight excluding hydrogens is 194 g/mol. The fourth-order valence-corrected chi connectivity index (χ4v) is 1.41. The zero-order valence-corrected chi connectivity index (χ0v) is 8.77. The van der Waals surface area contributed by atoms with Crippen LogP contribution in [0.3, 0.4) is 0 Å². The third-order valence-corrected chi connectivity index (χ3v) is 2.20. The van der Waals surface area contributed by atoms with Crippen molar-refractivity contribution in [2.75, 3.05) is 26.3 Å². The van der Waals surface area contributed by atoms with Crippen LogP contribution in [0.2, 0.25) is 0 Å². The Morgan fingerprint density at radius 2 is 2.53 bits per heavy atom. The van der Waals surface area contributed by atoms with Gasteiger partial charge in [-0.3, -0.25) is 0 Å². The van der Waals surface area contributed by atoms with Crippen LogP contribution in [0, 0.1) is 6.92 Å². The lowest BCUT2D eigenvalue weighted by molar-refractivity contribution is -0.000786. The summed E-state index contributed by atoms with van der Waals surface area (Å²) in [6.45, 7) is 4.95. The molecule has 2 heterocycles. The molecule has 5 nitrogen and oxygen atoms in total. The summed E-state index contributed by atoms with van der Waals surface area (Å²) in [4.78, 5) is 8.01. The van der Waals surface area contributed by atoms with E-state index >= 15 is 0 Å². The van der Waals surface area contributed by atoms with Gasteiger partial charge in [0, 0.05) is 24.8 Å². The van der Waals surface area contributed by atoms with Crippen molar-refractivity contribution in [2.24, 2.45) is 0 Å². The number of morpholine rings is 1. The summed E-state index contributed by atoms with van der Waals surface area (Å²) in [5, 5.41) is 3.24. The molecule has 0 amide bonds. The number of nitrogens with one attached hydrogen (secondary N) is 1. The maximum atomic E-state index is 5.51. The van der Waals surface area contributed by atoms with Crippen LogP contribution in [0.4, 0.5) is 0 Å². The number of hydrogen-bond donors (Lipinski definition) is 1. The van der Waals surface area contributed by atoms with Gasteiger partial charge in [0.2, 0.25) is 5.88 Å². The maximum absolute atomic E-state index is 5.51. The van der Waals surface area contributed by atoms with Gasteiger partial charge < -0.3 is 14.8 Å². The normalized spacial score (nSPS) is 21.3. The van der Waals surface area contributed by atoms with Gasteiger partial charge in [0.15, 0.2) is 0 Å². The highest BCUT2D eigenvalue weighted by molar-refractivity contribution is 5.11. The Balaban J connectivity index is 1.81. The molecule has 1 atom stereocenters. The molecule has 0 aliphatic carbocycles. The van der Waals surface area contributed by atoms with Gasteiger partial charge in [0.1, 0.15) is 19.0 Å². The topological polar surface area (TPSA) is 56.3 Å². The van der Waals surface area contributed by atoms with E-state index in [0.717, 1.165) is 25.4 Å². The summed E-state index contributed by atoms with van der Waals surface area (Å²) in [5.41, 5.74) is 0.905. The summed E-state index contributed by atoms with van der Waals surface area (Å²) in [5.74, 6) is 0.608. The van der Waals surface area contributed by atoms with Crippen molar-refractivity contribution in [3.8, 4) is 5.88 Å². The summed E-state index contributed by atoms with van der Waals surface area (Å²) in [7, 11) is 0. The highest BCUT2D eigenvalue weighted by atomic mass is 16.5. The Morgan fingerprint density at radius 3 is 3.27 bits per heavy atom. The van der Waals surface area contributed by atoms with Crippen molar-refractivity contribution < 1.29 is 9.47 Å². The molecule has 0 aromatic carbocycles. The number of nitrogens with zero attached hydrogens (tertiary/aromatic N) is 2. The van der Waals surface area contributed by atoms with Crippen molar-refractivity contribution >= 4 is 0 Å². The summed E-state index contributed by atoms with van der Waals surface area (Å²) < 4.78 is 11.0. The Hall–Kier alpha value is -1.20. The number of ether oxygens (including phenoxy) is 2. The summed E-state index contributed by atoms with van der Waals surface area (Å²) in [6, 6.07) is 1.82. The minimum absolute atomic E-state index is 0.119. The van der Waals surface area contributed by atoms with Crippen molar-refractivity contribution in [2.45, 2.75) is 13.0 Å². The molecule has 1 aliphatic heterocycles. The molecule has 1 N–H and O–H groups in total. The van der Waals surface area contributed by atoms with E-state index < -0.39 is 0 Å². The van der Waals surface area contributed by atoms with Gasteiger partial charge in [-0.05, 0) is 6.92 Å². The average molecular weight is 209 g/mol. The first-order valence-corrected chi connectivity index (χ1v) is 5.08. The third kappa shape index (κ3) is 3.14. The first-order valence-electron chi connectivity index (χ1n) is 5.08. The van der Waals surface area contributed by atoms with E-state index in [0.29, 0.717) is 12.5 Å². The van der Waals surface area contributed by atoms with Gasteiger partial charge in [-0.2, -0.15) is 0 Å². The van der Waals surface area contributed by atoms with Crippen LogP contribution in [0.25, 0.3) is 0 Å². The monoisotopic (exact) mass is 209 g/mol. The van der Waals surface area contributed by atoms with Gasteiger partial charge in [0.25, 0.3) is 0 Å². The predicted octanol–water partition coefficient (Wildman–Crippen LogP) is 0.152. The molecular formula is C10H15N3O2. The first-order chi connectivity index (χ1) is 7.34. The Labute approximate surface area is 88.8 Å². The SMILES string of the molecule is Cc1cc(OCC2CNCCO2)ncn1. The van der Waals surface area contributed by atoms with Gasteiger partial charge >= 0.3 is 0 Å². The third-order valence-electron chi connectivity index (χ3n) is 2.20. The molecule has 0 spiro atoms. The predicted molar refractivity (Wildman–Crippen MR) is 54.9 cm³/mol. The minimum atomic E-state index is 0.119. The standard InChI is InChI=1S/C10H15N3O2/c1-8-4-10(13-7-12-8)15-6-9-5-11-2-3-14-9/h4,7,9,11H,2-3,5-6H2,1H3. The van der Waals surface area contributed by atoms with Crippen molar-refractivity contribution in [1.29, 1.82) is 0 Å². The lowest BCUT2D eigenvalue weighted by Crippen LogP contribution is -2.41. The van der Waals surface area contributed by atoms with Crippen LogP contribution in [-0.4, -0.2) is 42.4 Å². The van der Waals surface area contributed by atoms with E-state index in [-0.39, 0.29) is 6.10 Å². The lowest BCUT2D eigenvalue weighted by atomic mass is 10.3. The molecule has 0 radical (unpaired) electrons. The zero-order chi connectivity index (χ0) is 10.5. The molecule has 1 aromatic heterocycles. The molecule has 15 heavy (non-hydrogen) atoms. The molecule has 82 valence electrons. The smallest absolute Gasteiger partial charge is 0.216 e. The van der Waals surface area contributed by atoms with Crippen LogP contribution in [0.5, 0.6) is 5.88 Å². The van der Waals surface area contributed by atoms with Gasteiger partial charge in [0.05, 0.1) is 6.61 Å². The van der Waals surface area contributed by atoms with Crippen molar-refractivity contribution in [1.82, 2.24) is 15.3 Å². The van der Waals surface area contributed by atoms with E-state index in [2.05, 4.69) is 15.3 Å². The van der Waals surface area contributed by atoms with Gasteiger partial charge in [-0.1, -0.05) is 0 Å².